The molecule has 0 unspecified atom stereocenters. The molecule has 18 heavy (non-hydrogen) atoms. The second-order valence-corrected chi connectivity index (χ2v) is 5.56. The Morgan fingerprint density at radius 2 is 2.22 bits per heavy atom. The van der Waals surface area contributed by atoms with Crippen LogP contribution in [0.5, 0.6) is 0 Å². The van der Waals surface area contributed by atoms with Gasteiger partial charge in [-0.15, -0.1) is 0 Å². The molecule has 2 aromatic rings. The molecule has 92 valence electrons. The third-order valence-electron chi connectivity index (χ3n) is 2.91. The van der Waals surface area contributed by atoms with Crippen LogP contribution in [0.1, 0.15) is 22.8 Å². The molecule has 1 aliphatic rings. The maximum absolute atomic E-state index is 11.7. The average molecular weight is 280 g/mol. The highest BCUT2D eigenvalue weighted by atomic mass is 35.5. The second kappa shape index (κ2) is 4.26. The van der Waals surface area contributed by atoms with Crippen molar-refractivity contribution in [2.45, 2.75) is 12.3 Å². The van der Waals surface area contributed by atoms with Crippen molar-refractivity contribution >= 4 is 39.8 Å². The average Bonchev–Trinajstić information content (AvgIpc) is 2.69. The Hall–Kier alpha value is -1.59. The minimum atomic E-state index is -0.0581. The third-order valence-corrected chi connectivity index (χ3v) is 4.26. The summed E-state index contributed by atoms with van der Waals surface area (Å²) in [6.45, 7) is 0. The van der Waals surface area contributed by atoms with Crippen LogP contribution in [0, 0.1) is 0 Å². The number of thiazole rings is 1. The molecule has 1 atom stereocenters. The highest BCUT2D eigenvalue weighted by Crippen LogP contribution is 2.43. The van der Waals surface area contributed by atoms with Crippen molar-refractivity contribution in [3.8, 4) is 0 Å². The zero-order valence-electron chi connectivity index (χ0n) is 9.31. The number of hydrogen-bond acceptors (Lipinski definition) is 4. The van der Waals surface area contributed by atoms with Crippen LogP contribution >= 0.6 is 22.9 Å². The number of nitrogens with two attached hydrogens (primary N) is 1. The number of benzene rings is 1. The van der Waals surface area contributed by atoms with Crippen molar-refractivity contribution < 1.29 is 4.79 Å². The highest BCUT2D eigenvalue weighted by molar-refractivity contribution is 7.16. The molecule has 2 heterocycles. The van der Waals surface area contributed by atoms with Gasteiger partial charge in [0, 0.05) is 17.4 Å². The van der Waals surface area contributed by atoms with Crippen molar-refractivity contribution in [1.29, 1.82) is 0 Å². The Labute approximate surface area is 113 Å². The summed E-state index contributed by atoms with van der Waals surface area (Å²) in [5.41, 5.74) is 6.65. The molecule has 1 amide bonds. The summed E-state index contributed by atoms with van der Waals surface area (Å²) in [4.78, 5) is 16.8. The first kappa shape index (κ1) is 11.5. The van der Waals surface area contributed by atoms with Crippen molar-refractivity contribution in [2.75, 3.05) is 11.1 Å². The number of carbonyl (C=O) groups is 1. The number of aromatic nitrogens is 1. The van der Waals surface area contributed by atoms with Crippen LogP contribution in [0.4, 0.5) is 10.9 Å². The molecule has 0 fully saturated rings. The maximum Gasteiger partial charge on any atom is 0.226 e. The fourth-order valence-electron chi connectivity index (χ4n) is 2.14. The van der Waals surface area contributed by atoms with Crippen LogP contribution in [0.2, 0.25) is 5.02 Å². The molecule has 0 bridgehead atoms. The van der Waals surface area contributed by atoms with Crippen LogP contribution in [-0.2, 0) is 4.79 Å². The van der Waals surface area contributed by atoms with Gasteiger partial charge in [0.15, 0.2) is 5.13 Å². The van der Waals surface area contributed by atoms with Crippen LogP contribution in [-0.4, -0.2) is 10.9 Å². The van der Waals surface area contributed by atoms with Gasteiger partial charge in [0.1, 0.15) is 5.82 Å². The van der Waals surface area contributed by atoms with E-state index in [9.17, 15) is 4.79 Å². The molecule has 1 aromatic carbocycles. The van der Waals surface area contributed by atoms with Gasteiger partial charge < -0.3 is 11.1 Å². The summed E-state index contributed by atoms with van der Waals surface area (Å²) in [7, 11) is 0. The standard InChI is InChI=1S/C12H10ClN3OS/c13-8-4-2-1-3-6(8)7-5-9(17)15-11-10(7)18-12(14)16-11/h1-4,7H,5H2,(H2,14,16)(H,15,17)/t7-/m0/s1. The van der Waals surface area contributed by atoms with Crippen molar-refractivity contribution in [3.63, 3.8) is 0 Å². The van der Waals surface area contributed by atoms with Crippen LogP contribution in [0.3, 0.4) is 0 Å². The summed E-state index contributed by atoms with van der Waals surface area (Å²) in [6, 6.07) is 7.55. The van der Waals surface area contributed by atoms with Gasteiger partial charge in [-0.25, -0.2) is 4.98 Å². The fourth-order valence-corrected chi connectivity index (χ4v) is 3.32. The van der Waals surface area contributed by atoms with Gasteiger partial charge >= 0.3 is 0 Å². The predicted molar refractivity (Wildman–Crippen MR) is 73.1 cm³/mol. The summed E-state index contributed by atoms with van der Waals surface area (Å²) in [5.74, 6) is 0.452. The zero-order chi connectivity index (χ0) is 12.7. The van der Waals surface area contributed by atoms with Gasteiger partial charge in [-0.1, -0.05) is 41.1 Å². The molecule has 3 N–H and O–H groups in total. The summed E-state index contributed by atoms with van der Waals surface area (Å²) in [5, 5.41) is 3.86. The van der Waals surface area contributed by atoms with Gasteiger partial charge in [0.2, 0.25) is 5.91 Å². The van der Waals surface area contributed by atoms with E-state index in [0.717, 1.165) is 10.4 Å². The SMILES string of the molecule is Nc1nc2c(s1)[C@H](c1ccccc1Cl)CC(=O)N2. The lowest BCUT2D eigenvalue weighted by Gasteiger charge is -2.22. The number of halogens is 1. The number of carbonyl (C=O) groups excluding carboxylic acids is 1. The predicted octanol–water partition coefficient (Wildman–Crippen LogP) is 2.85. The number of fused-ring (bicyclic) bond motifs is 1. The first-order chi connectivity index (χ1) is 8.65. The lowest BCUT2D eigenvalue weighted by atomic mass is 9.91. The molecule has 6 heteroatoms. The van der Waals surface area contributed by atoms with Crippen molar-refractivity contribution in [2.24, 2.45) is 0 Å². The highest BCUT2D eigenvalue weighted by Gasteiger charge is 2.30. The Bertz CT molecular complexity index is 626. The zero-order valence-corrected chi connectivity index (χ0v) is 10.9. The molecule has 4 nitrogen and oxygen atoms in total. The maximum atomic E-state index is 11.7. The first-order valence-electron chi connectivity index (χ1n) is 5.45. The molecule has 1 aromatic heterocycles. The van der Waals surface area contributed by atoms with Crippen LogP contribution < -0.4 is 11.1 Å². The van der Waals surface area contributed by atoms with E-state index in [1.807, 2.05) is 24.3 Å². The molecule has 0 saturated carbocycles. The third kappa shape index (κ3) is 1.85. The van der Waals surface area contributed by atoms with Gasteiger partial charge in [-0.2, -0.15) is 0 Å². The largest absolute Gasteiger partial charge is 0.375 e. The molecule has 0 radical (unpaired) electrons. The number of hydrogen-bond donors (Lipinski definition) is 2. The molecule has 0 spiro atoms. The molecular weight excluding hydrogens is 270 g/mol. The summed E-state index contributed by atoms with van der Waals surface area (Å²) >= 11 is 7.60. The van der Waals surface area contributed by atoms with E-state index >= 15 is 0 Å². The quantitative estimate of drug-likeness (QED) is 0.843. The molecular formula is C12H10ClN3OS. The van der Waals surface area contributed by atoms with Crippen molar-refractivity contribution in [1.82, 2.24) is 4.98 Å². The minimum absolute atomic E-state index is 0.0577. The minimum Gasteiger partial charge on any atom is -0.375 e. The van der Waals surface area contributed by atoms with Crippen LogP contribution in [0.15, 0.2) is 24.3 Å². The molecule has 0 saturated heterocycles. The Balaban J connectivity index is 2.13. The second-order valence-electron chi connectivity index (χ2n) is 4.09. The van der Waals surface area contributed by atoms with Gasteiger partial charge in [-0.05, 0) is 11.6 Å². The Morgan fingerprint density at radius 3 is 3.00 bits per heavy atom. The topological polar surface area (TPSA) is 68.0 Å². The number of anilines is 2. The molecule has 3 rings (SSSR count). The number of rotatable bonds is 1. The number of nitrogen functional groups attached to an aromatic ring is 1. The van der Waals surface area contributed by atoms with E-state index < -0.39 is 0 Å². The Kier molecular flexibility index (Phi) is 2.72. The summed E-state index contributed by atoms with van der Waals surface area (Å²) < 4.78 is 0. The van der Waals surface area contributed by atoms with Crippen molar-refractivity contribution in [3.05, 3.63) is 39.7 Å². The normalized spacial score (nSPS) is 18.3. The van der Waals surface area contributed by atoms with E-state index in [1.165, 1.54) is 11.3 Å². The van der Waals surface area contributed by atoms with E-state index in [4.69, 9.17) is 17.3 Å². The first-order valence-corrected chi connectivity index (χ1v) is 6.65. The molecule has 0 aliphatic carbocycles. The van der Waals surface area contributed by atoms with Gasteiger partial charge in [0.05, 0.1) is 4.88 Å². The van der Waals surface area contributed by atoms with E-state index in [0.29, 0.717) is 22.4 Å². The van der Waals surface area contributed by atoms with Gasteiger partial charge in [-0.3, -0.25) is 4.79 Å². The Morgan fingerprint density at radius 1 is 1.44 bits per heavy atom. The van der Waals surface area contributed by atoms with Crippen LogP contribution in [0.25, 0.3) is 0 Å². The molecule has 1 aliphatic heterocycles. The number of nitrogens with one attached hydrogen (secondary N) is 1. The van der Waals surface area contributed by atoms with E-state index in [2.05, 4.69) is 10.3 Å². The van der Waals surface area contributed by atoms with E-state index in [-0.39, 0.29) is 11.8 Å². The number of nitrogens with zero attached hydrogens (tertiary/aromatic N) is 1. The van der Waals surface area contributed by atoms with Gasteiger partial charge in [0.25, 0.3) is 0 Å². The smallest absolute Gasteiger partial charge is 0.226 e. The fraction of sp³-hybridized carbons (Fsp3) is 0.167. The summed E-state index contributed by atoms with van der Waals surface area (Å²) in [6.07, 6.45) is 0.373. The lowest BCUT2D eigenvalue weighted by molar-refractivity contribution is -0.116. The monoisotopic (exact) mass is 279 g/mol. The van der Waals surface area contributed by atoms with E-state index in [1.54, 1.807) is 0 Å². The number of amides is 1. The lowest BCUT2D eigenvalue weighted by Crippen LogP contribution is -2.22.